The summed E-state index contributed by atoms with van der Waals surface area (Å²) in [6, 6.07) is 0. The number of allylic oxidation sites excluding steroid dienone is 10. The van der Waals surface area contributed by atoms with Crippen molar-refractivity contribution in [2.45, 2.75) is 290 Å². The van der Waals surface area contributed by atoms with E-state index >= 15 is 0 Å². The van der Waals surface area contributed by atoms with Gasteiger partial charge in [-0.15, -0.1) is 0 Å². The van der Waals surface area contributed by atoms with Crippen LogP contribution in [0.1, 0.15) is 284 Å². The van der Waals surface area contributed by atoms with Gasteiger partial charge < -0.3 is 14.2 Å². The predicted molar refractivity (Wildman–Crippen MR) is 284 cm³/mol. The number of unbranched alkanes of at least 4 members (excludes halogenated alkanes) is 30. The summed E-state index contributed by atoms with van der Waals surface area (Å²) < 4.78 is 16.8. The minimum Gasteiger partial charge on any atom is -0.462 e. The Hall–Kier alpha value is -2.89. The van der Waals surface area contributed by atoms with Crippen LogP contribution in [0.5, 0.6) is 0 Å². The van der Waals surface area contributed by atoms with Gasteiger partial charge in [0.25, 0.3) is 0 Å². The van der Waals surface area contributed by atoms with Gasteiger partial charge in [0, 0.05) is 19.3 Å². The van der Waals surface area contributed by atoms with Crippen molar-refractivity contribution in [1.29, 1.82) is 0 Å². The Balaban J connectivity index is 4.35. The molecule has 0 aliphatic carbocycles. The van der Waals surface area contributed by atoms with Crippen molar-refractivity contribution in [2.75, 3.05) is 13.2 Å². The van der Waals surface area contributed by atoms with Gasteiger partial charge in [-0.25, -0.2) is 0 Å². The van der Waals surface area contributed by atoms with Crippen LogP contribution < -0.4 is 0 Å². The molecule has 0 rings (SSSR count). The maximum atomic E-state index is 12.8. The third-order valence-electron chi connectivity index (χ3n) is 12.2. The van der Waals surface area contributed by atoms with Gasteiger partial charge in [-0.3, -0.25) is 14.4 Å². The lowest BCUT2D eigenvalue weighted by molar-refractivity contribution is -0.167. The van der Waals surface area contributed by atoms with E-state index in [1.54, 1.807) is 0 Å². The number of rotatable bonds is 51. The largest absolute Gasteiger partial charge is 0.462 e. The standard InChI is InChI=1S/C60H106O6/c1-4-7-10-13-16-19-22-25-27-29-30-32-33-35-38-41-44-47-50-53-59(62)65-56-57(55-64-58(61)52-49-46-43-40-37-24-21-18-15-12-9-6-3)66-60(63)54-51-48-45-42-39-36-34-31-28-26-23-20-17-14-11-8-5-2/h7,10,16,18-19,21,25-28,57H,4-6,8-9,11-15,17,20,22-24,29-56H2,1-3H3/b10-7-,19-16-,21-18-,27-25-,28-26-. The number of hydrogen-bond donors (Lipinski definition) is 0. The molecule has 0 spiro atoms. The van der Waals surface area contributed by atoms with E-state index in [1.165, 1.54) is 161 Å². The molecule has 0 radical (unpaired) electrons. The van der Waals surface area contributed by atoms with Gasteiger partial charge in [-0.1, -0.05) is 223 Å². The Morgan fingerprint density at radius 3 is 0.970 bits per heavy atom. The lowest BCUT2D eigenvalue weighted by Crippen LogP contribution is -2.30. The van der Waals surface area contributed by atoms with Gasteiger partial charge in [-0.2, -0.15) is 0 Å². The zero-order chi connectivity index (χ0) is 47.9. The Bertz CT molecular complexity index is 1200. The van der Waals surface area contributed by atoms with Gasteiger partial charge in [0.1, 0.15) is 13.2 Å². The van der Waals surface area contributed by atoms with Crippen molar-refractivity contribution in [3.05, 3.63) is 60.8 Å². The van der Waals surface area contributed by atoms with Crippen LogP contribution in [0, 0.1) is 0 Å². The lowest BCUT2D eigenvalue weighted by atomic mass is 10.1. The highest BCUT2D eigenvalue weighted by Crippen LogP contribution is 2.15. The summed E-state index contributed by atoms with van der Waals surface area (Å²) in [4.78, 5) is 38.1. The van der Waals surface area contributed by atoms with E-state index in [4.69, 9.17) is 14.2 Å². The molecule has 0 bridgehead atoms. The number of carbonyl (C=O) groups is 3. The average molecular weight is 924 g/mol. The predicted octanol–water partition coefficient (Wildman–Crippen LogP) is 18.8. The van der Waals surface area contributed by atoms with Gasteiger partial charge in [0.15, 0.2) is 6.10 Å². The fourth-order valence-corrected chi connectivity index (χ4v) is 7.98. The van der Waals surface area contributed by atoms with Gasteiger partial charge in [0.05, 0.1) is 0 Å². The molecule has 66 heavy (non-hydrogen) atoms. The zero-order valence-electron chi connectivity index (χ0n) is 43.7. The van der Waals surface area contributed by atoms with Crippen molar-refractivity contribution in [2.24, 2.45) is 0 Å². The summed E-state index contributed by atoms with van der Waals surface area (Å²) in [6.07, 6.45) is 67.8. The molecule has 0 heterocycles. The van der Waals surface area contributed by atoms with Gasteiger partial charge in [-0.05, 0) is 103 Å². The number of esters is 3. The van der Waals surface area contributed by atoms with Crippen LogP contribution in [0.4, 0.5) is 0 Å². The van der Waals surface area contributed by atoms with Crippen LogP contribution in [-0.2, 0) is 28.6 Å². The van der Waals surface area contributed by atoms with Gasteiger partial charge in [0.2, 0.25) is 0 Å². The monoisotopic (exact) mass is 923 g/mol. The number of carbonyl (C=O) groups excluding carboxylic acids is 3. The van der Waals surface area contributed by atoms with E-state index < -0.39 is 6.10 Å². The fraction of sp³-hybridized carbons (Fsp3) is 0.783. The molecular weight excluding hydrogens is 817 g/mol. The summed E-state index contributed by atoms with van der Waals surface area (Å²) in [5.41, 5.74) is 0. The van der Waals surface area contributed by atoms with Crippen molar-refractivity contribution >= 4 is 17.9 Å². The van der Waals surface area contributed by atoms with Crippen LogP contribution in [-0.4, -0.2) is 37.2 Å². The first kappa shape index (κ1) is 63.1. The third-order valence-corrected chi connectivity index (χ3v) is 12.2. The smallest absolute Gasteiger partial charge is 0.306 e. The quantitative estimate of drug-likeness (QED) is 0.0262. The van der Waals surface area contributed by atoms with E-state index in [1.807, 2.05) is 0 Å². The third kappa shape index (κ3) is 52.1. The minimum absolute atomic E-state index is 0.0804. The molecule has 0 aromatic heterocycles. The molecule has 6 nitrogen and oxygen atoms in total. The second kappa shape index (κ2) is 54.7. The van der Waals surface area contributed by atoms with Gasteiger partial charge >= 0.3 is 17.9 Å². The van der Waals surface area contributed by atoms with E-state index in [2.05, 4.69) is 81.5 Å². The summed E-state index contributed by atoms with van der Waals surface area (Å²) >= 11 is 0. The van der Waals surface area contributed by atoms with E-state index in [-0.39, 0.29) is 31.1 Å². The molecule has 1 unspecified atom stereocenters. The molecule has 0 N–H and O–H groups in total. The summed E-state index contributed by atoms with van der Waals surface area (Å²) in [7, 11) is 0. The second-order valence-electron chi connectivity index (χ2n) is 18.8. The van der Waals surface area contributed by atoms with Crippen molar-refractivity contribution in [3.8, 4) is 0 Å². The molecule has 0 saturated heterocycles. The molecule has 382 valence electrons. The molecule has 0 fully saturated rings. The topological polar surface area (TPSA) is 78.9 Å². The molecule has 0 aliphatic heterocycles. The molecule has 0 aromatic rings. The SMILES string of the molecule is CC/C=C\C/C=C\C/C=C\CCCCCCCCCCCC(=O)OCC(COC(=O)CCCCCCC/C=C\CCCCC)OC(=O)CCCCCCCCC/C=C\CCCCCCCC. The Labute approximate surface area is 409 Å². The molecule has 0 amide bonds. The first-order valence-electron chi connectivity index (χ1n) is 28.3. The minimum atomic E-state index is -0.781. The summed E-state index contributed by atoms with van der Waals surface area (Å²) in [6.45, 7) is 6.51. The normalized spacial score (nSPS) is 12.5. The van der Waals surface area contributed by atoms with E-state index in [0.717, 1.165) is 83.5 Å². The molecular formula is C60H106O6. The Morgan fingerprint density at radius 2 is 0.591 bits per heavy atom. The second-order valence-corrected chi connectivity index (χ2v) is 18.8. The Morgan fingerprint density at radius 1 is 0.318 bits per heavy atom. The maximum absolute atomic E-state index is 12.8. The maximum Gasteiger partial charge on any atom is 0.306 e. The highest BCUT2D eigenvalue weighted by Gasteiger charge is 2.19. The van der Waals surface area contributed by atoms with Crippen molar-refractivity contribution in [3.63, 3.8) is 0 Å². The van der Waals surface area contributed by atoms with Crippen LogP contribution in [0.2, 0.25) is 0 Å². The Kier molecular flexibility index (Phi) is 52.3. The van der Waals surface area contributed by atoms with Crippen LogP contribution in [0.3, 0.4) is 0 Å². The van der Waals surface area contributed by atoms with E-state index in [0.29, 0.717) is 19.3 Å². The summed E-state index contributed by atoms with van der Waals surface area (Å²) in [5.74, 6) is -0.890. The molecule has 0 saturated carbocycles. The summed E-state index contributed by atoms with van der Waals surface area (Å²) in [5, 5.41) is 0. The fourth-order valence-electron chi connectivity index (χ4n) is 7.98. The molecule has 6 heteroatoms. The van der Waals surface area contributed by atoms with Crippen LogP contribution in [0.15, 0.2) is 60.8 Å². The van der Waals surface area contributed by atoms with Crippen LogP contribution >= 0.6 is 0 Å². The zero-order valence-corrected chi connectivity index (χ0v) is 43.7. The average Bonchev–Trinajstić information content (AvgIpc) is 3.31. The first-order valence-corrected chi connectivity index (χ1v) is 28.3. The van der Waals surface area contributed by atoms with Crippen LogP contribution in [0.25, 0.3) is 0 Å². The number of hydrogen-bond acceptors (Lipinski definition) is 6. The van der Waals surface area contributed by atoms with E-state index in [9.17, 15) is 14.4 Å². The molecule has 0 aliphatic rings. The van der Waals surface area contributed by atoms with Crippen molar-refractivity contribution < 1.29 is 28.6 Å². The highest BCUT2D eigenvalue weighted by molar-refractivity contribution is 5.71. The highest BCUT2D eigenvalue weighted by atomic mass is 16.6. The molecule has 0 aromatic carbocycles. The van der Waals surface area contributed by atoms with Crippen molar-refractivity contribution in [1.82, 2.24) is 0 Å². The lowest BCUT2D eigenvalue weighted by Gasteiger charge is -2.18. The first-order chi connectivity index (χ1) is 32.5. The molecule has 1 atom stereocenters. The number of ether oxygens (including phenoxy) is 3.